The standard InChI is InChI=1S/C10H11Br2NO2/c1-10(2,15)9(14)13-8-4-3-6(11)5-7(8)12/h3-5,15H,1-2H3,(H,13,14). The molecule has 0 aliphatic carbocycles. The summed E-state index contributed by atoms with van der Waals surface area (Å²) < 4.78 is 1.67. The van der Waals surface area contributed by atoms with Crippen LogP contribution in [0.5, 0.6) is 0 Å². The Morgan fingerprint density at radius 1 is 1.40 bits per heavy atom. The molecule has 0 unspecified atom stereocenters. The normalized spacial score (nSPS) is 11.3. The first-order valence-corrected chi connectivity index (χ1v) is 5.88. The molecule has 0 saturated carbocycles. The van der Waals surface area contributed by atoms with E-state index in [2.05, 4.69) is 37.2 Å². The second-order valence-electron chi connectivity index (χ2n) is 3.64. The number of aliphatic hydroxyl groups is 1. The zero-order valence-corrected chi connectivity index (χ0v) is 11.5. The molecule has 82 valence electrons. The number of halogens is 2. The van der Waals surface area contributed by atoms with E-state index in [4.69, 9.17) is 0 Å². The van der Waals surface area contributed by atoms with Crippen LogP contribution in [0.1, 0.15) is 13.8 Å². The highest BCUT2D eigenvalue weighted by molar-refractivity contribution is 9.11. The molecule has 0 atom stereocenters. The van der Waals surface area contributed by atoms with Crippen LogP contribution in [0.3, 0.4) is 0 Å². The summed E-state index contributed by atoms with van der Waals surface area (Å²) in [5.41, 5.74) is -0.752. The van der Waals surface area contributed by atoms with Crippen molar-refractivity contribution in [3.05, 3.63) is 27.1 Å². The molecule has 1 rings (SSSR count). The molecule has 0 aliphatic heterocycles. The molecule has 3 nitrogen and oxygen atoms in total. The Morgan fingerprint density at radius 3 is 2.47 bits per heavy atom. The summed E-state index contributed by atoms with van der Waals surface area (Å²) in [5.74, 6) is -0.439. The van der Waals surface area contributed by atoms with Crippen molar-refractivity contribution in [2.45, 2.75) is 19.4 Å². The molecule has 1 amide bonds. The first-order valence-electron chi connectivity index (χ1n) is 4.29. The number of nitrogens with one attached hydrogen (secondary N) is 1. The Kier molecular flexibility index (Phi) is 3.92. The predicted octanol–water partition coefficient (Wildman–Crippen LogP) is 2.92. The number of benzene rings is 1. The van der Waals surface area contributed by atoms with Crippen molar-refractivity contribution < 1.29 is 9.90 Å². The van der Waals surface area contributed by atoms with Gasteiger partial charge in [0.05, 0.1) is 5.69 Å². The Labute approximate surface area is 105 Å². The van der Waals surface area contributed by atoms with Gasteiger partial charge in [0.2, 0.25) is 0 Å². The van der Waals surface area contributed by atoms with Crippen molar-refractivity contribution in [1.82, 2.24) is 0 Å². The number of carbonyl (C=O) groups excluding carboxylic acids is 1. The highest BCUT2D eigenvalue weighted by atomic mass is 79.9. The summed E-state index contributed by atoms with van der Waals surface area (Å²) in [6.07, 6.45) is 0. The minimum absolute atomic E-state index is 0.439. The summed E-state index contributed by atoms with van der Waals surface area (Å²) in [6, 6.07) is 5.38. The molecule has 0 saturated heterocycles. The van der Waals surface area contributed by atoms with Crippen molar-refractivity contribution in [2.24, 2.45) is 0 Å². The first kappa shape index (κ1) is 12.7. The molecule has 1 aromatic rings. The third kappa shape index (κ3) is 3.59. The lowest BCUT2D eigenvalue weighted by molar-refractivity contribution is -0.130. The molecule has 2 N–H and O–H groups in total. The molecular weight excluding hydrogens is 326 g/mol. The third-order valence-corrected chi connectivity index (χ3v) is 2.88. The maximum absolute atomic E-state index is 11.5. The van der Waals surface area contributed by atoms with Crippen LogP contribution < -0.4 is 5.32 Å². The van der Waals surface area contributed by atoms with Gasteiger partial charge in [-0.2, -0.15) is 0 Å². The second-order valence-corrected chi connectivity index (χ2v) is 5.41. The van der Waals surface area contributed by atoms with Gasteiger partial charge in [-0.3, -0.25) is 4.79 Å². The van der Waals surface area contributed by atoms with Gasteiger partial charge in [0.1, 0.15) is 5.60 Å². The fraction of sp³-hybridized carbons (Fsp3) is 0.300. The number of anilines is 1. The van der Waals surface area contributed by atoms with Crippen LogP contribution in [-0.4, -0.2) is 16.6 Å². The maximum atomic E-state index is 11.5. The molecule has 0 aromatic heterocycles. The molecule has 0 spiro atoms. The van der Waals surface area contributed by atoms with E-state index >= 15 is 0 Å². The number of amides is 1. The van der Waals surface area contributed by atoms with Gasteiger partial charge in [-0.05, 0) is 48.0 Å². The van der Waals surface area contributed by atoms with E-state index in [1.54, 1.807) is 6.07 Å². The number of hydrogen-bond donors (Lipinski definition) is 2. The molecule has 15 heavy (non-hydrogen) atoms. The predicted molar refractivity (Wildman–Crippen MR) is 66.8 cm³/mol. The van der Waals surface area contributed by atoms with Gasteiger partial charge < -0.3 is 10.4 Å². The SMILES string of the molecule is CC(C)(O)C(=O)Nc1ccc(Br)cc1Br. The highest BCUT2D eigenvalue weighted by Crippen LogP contribution is 2.26. The van der Waals surface area contributed by atoms with Crippen LogP contribution in [0, 0.1) is 0 Å². The average Bonchev–Trinajstić information content (AvgIpc) is 2.08. The molecule has 0 fully saturated rings. The van der Waals surface area contributed by atoms with E-state index in [1.165, 1.54) is 13.8 Å². The van der Waals surface area contributed by atoms with Crippen molar-refractivity contribution in [2.75, 3.05) is 5.32 Å². The molecular formula is C10H11Br2NO2. The van der Waals surface area contributed by atoms with E-state index in [0.717, 1.165) is 8.95 Å². The van der Waals surface area contributed by atoms with Gasteiger partial charge in [-0.1, -0.05) is 15.9 Å². The summed E-state index contributed by atoms with van der Waals surface area (Å²) in [5, 5.41) is 12.1. The minimum atomic E-state index is -1.38. The lowest BCUT2D eigenvalue weighted by Crippen LogP contribution is -2.36. The molecule has 0 bridgehead atoms. The molecule has 0 aliphatic rings. The quantitative estimate of drug-likeness (QED) is 0.872. The van der Waals surface area contributed by atoms with Crippen LogP contribution >= 0.6 is 31.9 Å². The monoisotopic (exact) mass is 335 g/mol. The molecule has 0 radical (unpaired) electrons. The minimum Gasteiger partial charge on any atom is -0.381 e. The Bertz CT molecular complexity index is 385. The summed E-state index contributed by atoms with van der Waals surface area (Å²) in [7, 11) is 0. The number of carbonyl (C=O) groups is 1. The van der Waals surface area contributed by atoms with E-state index in [9.17, 15) is 9.90 Å². The lowest BCUT2D eigenvalue weighted by atomic mass is 10.1. The number of hydrogen-bond acceptors (Lipinski definition) is 2. The van der Waals surface area contributed by atoms with Crippen molar-refractivity contribution >= 4 is 43.5 Å². The smallest absolute Gasteiger partial charge is 0.255 e. The topological polar surface area (TPSA) is 49.3 Å². The fourth-order valence-electron chi connectivity index (χ4n) is 0.866. The third-order valence-electron chi connectivity index (χ3n) is 1.74. The van der Waals surface area contributed by atoms with E-state index in [-0.39, 0.29) is 0 Å². The van der Waals surface area contributed by atoms with Crippen LogP contribution in [0.25, 0.3) is 0 Å². The average molecular weight is 337 g/mol. The van der Waals surface area contributed by atoms with Gasteiger partial charge in [-0.25, -0.2) is 0 Å². The lowest BCUT2D eigenvalue weighted by Gasteiger charge is -2.17. The van der Waals surface area contributed by atoms with Crippen LogP contribution in [0.4, 0.5) is 5.69 Å². The zero-order chi connectivity index (χ0) is 11.6. The van der Waals surface area contributed by atoms with Crippen molar-refractivity contribution in [3.8, 4) is 0 Å². The molecule has 0 heterocycles. The van der Waals surface area contributed by atoms with Crippen LogP contribution in [-0.2, 0) is 4.79 Å². The van der Waals surface area contributed by atoms with Crippen molar-refractivity contribution in [1.29, 1.82) is 0 Å². The van der Waals surface area contributed by atoms with Crippen LogP contribution in [0.15, 0.2) is 27.1 Å². The largest absolute Gasteiger partial charge is 0.381 e. The fourth-order valence-corrected chi connectivity index (χ4v) is 2.01. The van der Waals surface area contributed by atoms with Gasteiger partial charge in [0.25, 0.3) is 5.91 Å². The Morgan fingerprint density at radius 2 is 2.00 bits per heavy atom. The van der Waals surface area contributed by atoms with E-state index < -0.39 is 11.5 Å². The van der Waals surface area contributed by atoms with E-state index in [1.807, 2.05) is 12.1 Å². The van der Waals surface area contributed by atoms with E-state index in [0.29, 0.717) is 5.69 Å². The summed E-state index contributed by atoms with van der Waals surface area (Å²) >= 11 is 6.63. The van der Waals surface area contributed by atoms with Gasteiger partial charge in [0, 0.05) is 8.95 Å². The highest BCUT2D eigenvalue weighted by Gasteiger charge is 2.24. The second kappa shape index (κ2) is 4.63. The number of rotatable bonds is 2. The van der Waals surface area contributed by atoms with Crippen molar-refractivity contribution in [3.63, 3.8) is 0 Å². The van der Waals surface area contributed by atoms with Gasteiger partial charge in [-0.15, -0.1) is 0 Å². The van der Waals surface area contributed by atoms with Crippen LogP contribution in [0.2, 0.25) is 0 Å². The maximum Gasteiger partial charge on any atom is 0.255 e. The summed E-state index contributed by atoms with van der Waals surface area (Å²) in [6.45, 7) is 2.88. The van der Waals surface area contributed by atoms with Gasteiger partial charge in [0.15, 0.2) is 0 Å². The van der Waals surface area contributed by atoms with Gasteiger partial charge >= 0.3 is 0 Å². The Hall–Kier alpha value is -0.390. The molecule has 1 aromatic carbocycles. The Balaban J connectivity index is 2.87. The first-order chi connectivity index (χ1) is 6.80. The molecule has 5 heteroatoms. The zero-order valence-electron chi connectivity index (χ0n) is 8.34. The summed E-state index contributed by atoms with van der Waals surface area (Å²) in [4.78, 5) is 11.5.